The largest absolute Gasteiger partial charge is 1.00 e. The number of ether oxygens (including phenoxy) is 2. The number of benzene rings is 9. The zero-order valence-electron chi connectivity index (χ0n) is 57.1. The molecule has 31 heteroatoms. The van der Waals surface area contributed by atoms with E-state index in [0.29, 0.717) is 47.9 Å². The molecule has 8 N–H and O–H groups in total. The number of carboxylic acid groups (broad SMARTS) is 1. The first-order valence-corrected chi connectivity index (χ1v) is 34.7. The molecule has 0 spiro atoms. The Hall–Kier alpha value is -8.12. The zero-order chi connectivity index (χ0) is 76.4. The average molecular weight is 1630 g/mol. The van der Waals surface area contributed by atoms with Gasteiger partial charge in [0, 0.05) is 29.5 Å². The summed E-state index contributed by atoms with van der Waals surface area (Å²) < 4.78 is 132. The van der Waals surface area contributed by atoms with E-state index >= 15 is 0 Å². The maximum Gasteiger partial charge on any atom is 1.00 e. The summed E-state index contributed by atoms with van der Waals surface area (Å²) in [5.41, 5.74) is 16.2. The minimum atomic E-state index is -1.42. The molecule has 0 unspecified atom stereocenters. The quantitative estimate of drug-likeness (QED) is 0.0289. The van der Waals surface area contributed by atoms with Gasteiger partial charge in [-0.3, -0.25) is 19.2 Å². The Bertz CT molecular complexity index is 4800. The average Bonchev–Trinajstić information content (AvgIpc) is 1.77. The van der Waals surface area contributed by atoms with Crippen LogP contribution in [0.2, 0.25) is 30.1 Å². The van der Waals surface area contributed by atoms with Gasteiger partial charge in [0.15, 0.2) is 0 Å². The first kappa shape index (κ1) is 88.8. The van der Waals surface area contributed by atoms with E-state index in [1.165, 1.54) is 49.1 Å². The van der Waals surface area contributed by atoms with E-state index in [9.17, 15) is 73.4 Å². The van der Waals surface area contributed by atoms with Crippen LogP contribution in [0.4, 0.5) is 39.5 Å². The van der Waals surface area contributed by atoms with Gasteiger partial charge in [0.25, 0.3) is 17.1 Å². The van der Waals surface area contributed by atoms with Crippen LogP contribution in [0.15, 0.2) is 127 Å². The summed E-state index contributed by atoms with van der Waals surface area (Å²) in [6.07, 6.45) is 7.59. The maximum absolute atomic E-state index is 14.1. The Kier molecular flexibility index (Phi) is 32.5. The molecule has 0 bridgehead atoms. The molecule has 0 aromatic heterocycles. The van der Waals surface area contributed by atoms with Crippen LogP contribution in [0.3, 0.4) is 0 Å². The van der Waals surface area contributed by atoms with Crippen LogP contribution in [-0.2, 0) is 81.6 Å². The number of halogens is 16. The normalized spacial score (nSPS) is 12.8. The molecule has 564 valence electrons. The number of fused-ring (bicyclic) bond motifs is 3. The smallest absolute Gasteiger partial charge is 0.870 e. The molecule has 0 radical (unpaired) electrons. The van der Waals surface area contributed by atoms with Crippen molar-refractivity contribution in [3.05, 3.63) is 277 Å². The Morgan fingerprint density at radius 3 is 0.972 bits per heavy atom. The number of hydrogen-bond donors (Lipinski definition) is 4. The molecule has 0 saturated heterocycles. The minimum absolute atomic E-state index is 0. The van der Waals surface area contributed by atoms with Crippen LogP contribution in [0.1, 0.15) is 100 Å². The number of nitrogens with one attached hydrogen (secondary N) is 2. The van der Waals surface area contributed by atoms with Gasteiger partial charge in [-0.2, -0.15) is 0 Å². The molecule has 3 atom stereocenters. The molecular weight excluding hydrogens is 1570 g/mol. The molecule has 0 saturated carbocycles. The molecular formula is C77H62Cl7F9LiN3O11. The number of amides is 2. The molecule has 0 heterocycles. The molecule has 3 aliphatic rings. The van der Waals surface area contributed by atoms with Crippen molar-refractivity contribution < 1.29 is 113 Å². The topological polar surface area (TPSA) is 253 Å². The number of nitrogens with two attached hydrogens (primary N) is 1. The Balaban J connectivity index is 0.000000236. The van der Waals surface area contributed by atoms with E-state index in [4.69, 9.17) is 96.4 Å². The number of carbonyl (C=O) groups excluding carboxylic acids is 5. The number of esters is 2. The Morgan fingerprint density at radius 1 is 0.426 bits per heavy atom. The number of aliphatic carboxylic acids is 1. The number of carboxylic acids is 1. The van der Waals surface area contributed by atoms with Crippen molar-refractivity contribution >= 4 is 116 Å². The van der Waals surface area contributed by atoms with Gasteiger partial charge in [0.2, 0.25) is 0 Å². The minimum Gasteiger partial charge on any atom is -0.870 e. The summed E-state index contributed by atoms with van der Waals surface area (Å²) in [6, 6.07) is 24.0. The standard InChI is InChI=1S/C26H20Cl2F3NO3.C25H18Cl2F3NO3.C19H18Cl2FNO2.C7H3ClF2O.Li.2H2O/c1-35-26(34)22(32-25(33)24-20(30)6-3-7-21(24)31)10-13-8-9-17(16-5-2-4-15(13)16)23-18(27)11-14(29)12-19(23)28;26-17-10-13(28)11-18(27)22(17)16-8-7-12(14-3-1-4-15(14)16)9-21(25(33)34)31-24(32)23-19(29)5-2-6-20(23)30;1-25-19(24)17(23)7-10-5-6-14(13-4-2-3-12(10)13)18-15(20)8-11(22)9-16(18)21;8-7(11)6-4(9)2-1-3-5(6)10;;;/h3,6-9,11-12,22H,2,4-5,10H2,1H3,(H,32,33);2,5-8,10-11,21H,1,3-4,9H2,(H,31,32)(H,33,34);5-6,8-9,17H,2-4,7,23H2,1H3;1-3H;;2*1H2/q;;;;+1;;/p-1/t22-;21-;17-;;;;/m000..../s1. The molecule has 9 aromatic rings. The first-order chi connectivity index (χ1) is 49.9. The van der Waals surface area contributed by atoms with Crippen molar-refractivity contribution in [2.75, 3.05) is 14.2 Å². The fourth-order valence-electron chi connectivity index (χ4n) is 13.0. The second-order valence-corrected chi connectivity index (χ2v) is 27.0. The molecule has 0 fully saturated rings. The molecule has 9 aromatic carbocycles. The monoisotopic (exact) mass is 1630 g/mol. The van der Waals surface area contributed by atoms with E-state index in [1.807, 2.05) is 12.1 Å². The third-order valence-electron chi connectivity index (χ3n) is 17.7. The van der Waals surface area contributed by atoms with Gasteiger partial charge in [-0.25, -0.2) is 49.1 Å². The third-order valence-corrected chi connectivity index (χ3v) is 19.7. The number of rotatable bonds is 17. The summed E-state index contributed by atoms with van der Waals surface area (Å²) in [7, 11) is 2.49. The number of hydrogen-bond acceptors (Lipinski definition) is 10. The van der Waals surface area contributed by atoms with Crippen molar-refractivity contribution in [1.82, 2.24) is 10.6 Å². The Labute approximate surface area is 660 Å². The molecule has 0 aliphatic heterocycles. The van der Waals surface area contributed by atoms with E-state index in [-0.39, 0.29) is 72.8 Å². The number of methoxy groups -OCH3 is 2. The second kappa shape index (κ2) is 39.5. The van der Waals surface area contributed by atoms with Gasteiger partial charge < -0.3 is 41.9 Å². The predicted octanol–water partition coefficient (Wildman–Crippen LogP) is 14.7. The van der Waals surface area contributed by atoms with E-state index in [1.54, 1.807) is 24.3 Å². The van der Waals surface area contributed by atoms with Gasteiger partial charge in [0.05, 0.1) is 44.4 Å². The maximum atomic E-state index is 14.1. The first-order valence-electron chi connectivity index (χ1n) is 32.1. The van der Waals surface area contributed by atoms with Crippen LogP contribution in [0.5, 0.6) is 0 Å². The molecule has 14 nitrogen and oxygen atoms in total. The van der Waals surface area contributed by atoms with Crippen molar-refractivity contribution in [3.63, 3.8) is 0 Å². The number of carbonyl (C=O) groups is 6. The Morgan fingerprint density at radius 2 is 0.694 bits per heavy atom. The van der Waals surface area contributed by atoms with Crippen molar-refractivity contribution in [2.45, 2.75) is 95.2 Å². The predicted molar refractivity (Wildman–Crippen MR) is 390 cm³/mol. The summed E-state index contributed by atoms with van der Waals surface area (Å²) in [5.74, 6) is -12.4. The van der Waals surface area contributed by atoms with Crippen LogP contribution < -0.4 is 35.2 Å². The summed E-state index contributed by atoms with van der Waals surface area (Å²) >= 11 is 42.5. The fourth-order valence-corrected chi connectivity index (χ4v) is 15.2. The zero-order valence-corrected chi connectivity index (χ0v) is 62.4. The van der Waals surface area contributed by atoms with Crippen molar-refractivity contribution in [1.29, 1.82) is 0 Å². The van der Waals surface area contributed by atoms with E-state index in [0.717, 1.165) is 156 Å². The summed E-state index contributed by atoms with van der Waals surface area (Å²) in [6.45, 7) is 0. The molecule has 108 heavy (non-hydrogen) atoms. The van der Waals surface area contributed by atoms with Gasteiger partial charge in [-0.15, -0.1) is 0 Å². The second-order valence-electron chi connectivity index (χ2n) is 24.2. The summed E-state index contributed by atoms with van der Waals surface area (Å²) in [4.78, 5) is 71.4. The van der Waals surface area contributed by atoms with Crippen LogP contribution in [-0.4, -0.2) is 83.4 Å². The van der Waals surface area contributed by atoms with Gasteiger partial charge in [0.1, 0.15) is 87.2 Å². The molecule has 12 rings (SSSR count). The van der Waals surface area contributed by atoms with Crippen LogP contribution in [0.25, 0.3) is 33.4 Å². The van der Waals surface area contributed by atoms with Gasteiger partial charge in [-0.05, 0) is 215 Å². The van der Waals surface area contributed by atoms with E-state index < -0.39 is 122 Å². The van der Waals surface area contributed by atoms with Gasteiger partial charge >= 0.3 is 36.8 Å². The van der Waals surface area contributed by atoms with Crippen molar-refractivity contribution in [2.24, 2.45) is 5.73 Å². The fraction of sp³-hybridized carbons (Fsp3) is 0.221. The van der Waals surface area contributed by atoms with Gasteiger partial charge in [-0.1, -0.05) is 124 Å². The molecule has 2 amide bonds. The van der Waals surface area contributed by atoms with E-state index in [2.05, 4.69) is 10.6 Å². The SMILES string of the molecule is COC(=O)[C@@H](N)Cc1ccc(-c2c(Cl)cc(F)cc2Cl)c2c1CCC2.COC(=O)[C@H](Cc1ccc(-c2c(Cl)cc(F)cc2Cl)c2c1CCC2)NC(=O)c1c(F)cccc1F.O.O=C(Cl)c1c(F)cccc1F.O=C(N[C@@H](Cc1ccc(-c2c(Cl)cc(F)cc2Cl)c2c1CCC2)C(=O)O)c1c(F)cccc1F.[Li+].[OH-]. The molecule has 3 aliphatic carbocycles. The van der Waals surface area contributed by atoms with Crippen LogP contribution in [0, 0.1) is 52.4 Å². The van der Waals surface area contributed by atoms with Crippen LogP contribution >= 0.6 is 81.2 Å². The third kappa shape index (κ3) is 20.7. The summed E-state index contributed by atoms with van der Waals surface area (Å²) in [5, 5.41) is 14.4. The van der Waals surface area contributed by atoms with Crippen molar-refractivity contribution in [3.8, 4) is 33.4 Å².